The number of piperidine rings is 1. The fourth-order valence-electron chi connectivity index (χ4n) is 3.28. The summed E-state index contributed by atoms with van der Waals surface area (Å²) < 4.78 is 39.8. The minimum Gasteiger partial charge on any atom is -0.359 e. The average Bonchev–Trinajstić information content (AvgIpc) is 2.98. The summed E-state index contributed by atoms with van der Waals surface area (Å²) in [5, 5.41) is 11.0. The normalized spacial score (nSPS) is 19.9. The molecule has 8 heteroatoms. The molecular formula is C16H20F3N5. The quantitative estimate of drug-likeness (QED) is 0.777. The van der Waals surface area contributed by atoms with Gasteiger partial charge in [0, 0.05) is 25.9 Å². The number of halogens is 3. The first-order valence-corrected chi connectivity index (χ1v) is 8.03. The first kappa shape index (κ1) is 16.7. The van der Waals surface area contributed by atoms with Gasteiger partial charge in [-0.25, -0.2) is 0 Å². The molecule has 3 heterocycles. The van der Waals surface area contributed by atoms with Crippen molar-refractivity contribution in [1.29, 1.82) is 0 Å². The summed E-state index contributed by atoms with van der Waals surface area (Å²) in [5.74, 6) is 0.413. The van der Waals surface area contributed by atoms with E-state index < -0.39 is 12.0 Å². The van der Waals surface area contributed by atoms with E-state index in [0.717, 1.165) is 30.6 Å². The first-order valence-electron chi connectivity index (χ1n) is 8.03. The van der Waals surface area contributed by atoms with Crippen LogP contribution in [-0.4, -0.2) is 38.7 Å². The summed E-state index contributed by atoms with van der Waals surface area (Å²) in [7, 11) is 0. The fourth-order valence-corrected chi connectivity index (χ4v) is 3.28. The summed E-state index contributed by atoms with van der Waals surface area (Å²) in [5.41, 5.74) is 1.30. The molecule has 0 N–H and O–H groups in total. The maximum atomic E-state index is 13.0. The van der Waals surface area contributed by atoms with E-state index in [1.165, 1.54) is 5.57 Å². The Morgan fingerprint density at radius 1 is 1.21 bits per heavy atom. The highest BCUT2D eigenvalue weighted by molar-refractivity contribution is 5.83. The number of rotatable bonds is 2. The Balaban J connectivity index is 1.75. The van der Waals surface area contributed by atoms with E-state index in [2.05, 4.69) is 33.7 Å². The highest BCUT2D eigenvalue weighted by atomic mass is 19.4. The predicted octanol–water partition coefficient (Wildman–Crippen LogP) is 3.25. The highest BCUT2D eigenvalue weighted by Gasteiger charge is 2.40. The summed E-state index contributed by atoms with van der Waals surface area (Å²) in [6.45, 7) is 7.40. The van der Waals surface area contributed by atoms with Crippen LogP contribution in [0.15, 0.2) is 29.4 Å². The van der Waals surface area contributed by atoms with Crippen molar-refractivity contribution in [2.24, 2.45) is 11.0 Å². The van der Waals surface area contributed by atoms with Crippen molar-refractivity contribution in [3.8, 4) is 0 Å². The van der Waals surface area contributed by atoms with Crippen LogP contribution in [0.3, 0.4) is 0 Å². The van der Waals surface area contributed by atoms with Crippen LogP contribution in [0.4, 0.5) is 13.2 Å². The van der Waals surface area contributed by atoms with Crippen molar-refractivity contribution in [2.45, 2.75) is 38.8 Å². The molecule has 1 saturated heterocycles. The molecule has 130 valence electrons. The van der Waals surface area contributed by atoms with Gasteiger partial charge < -0.3 is 4.90 Å². The molecule has 0 atom stereocenters. The number of allylic oxidation sites excluding steroid dienone is 3. The van der Waals surface area contributed by atoms with Crippen LogP contribution in [0.2, 0.25) is 0 Å². The lowest BCUT2D eigenvalue weighted by Crippen LogP contribution is -2.40. The van der Waals surface area contributed by atoms with Crippen LogP contribution in [0.1, 0.15) is 37.8 Å². The molecule has 0 unspecified atom stereocenters. The van der Waals surface area contributed by atoms with E-state index in [1.807, 2.05) is 6.08 Å². The van der Waals surface area contributed by atoms with E-state index in [4.69, 9.17) is 0 Å². The molecule has 1 aromatic heterocycles. The van der Waals surface area contributed by atoms with Crippen molar-refractivity contribution in [1.82, 2.24) is 19.8 Å². The van der Waals surface area contributed by atoms with E-state index in [9.17, 15) is 13.2 Å². The summed E-state index contributed by atoms with van der Waals surface area (Å²) in [4.78, 5) is 2.08. The van der Waals surface area contributed by atoms with Gasteiger partial charge in [0.2, 0.25) is 0 Å². The Kier molecular flexibility index (Phi) is 4.47. The molecule has 0 radical (unpaired) electrons. The molecule has 0 bridgehead atoms. The van der Waals surface area contributed by atoms with Crippen molar-refractivity contribution in [3.05, 3.63) is 36.0 Å². The lowest BCUT2D eigenvalue weighted by atomic mass is 9.89. The molecule has 1 fully saturated rings. The smallest absolute Gasteiger partial charge is 0.359 e. The van der Waals surface area contributed by atoms with Gasteiger partial charge in [-0.1, -0.05) is 24.3 Å². The Labute approximate surface area is 138 Å². The van der Waals surface area contributed by atoms with E-state index in [1.54, 1.807) is 6.08 Å². The van der Waals surface area contributed by atoms with Crippen LogP contribution in [0.5, 0.6) is 0 Å². The maximum absolute atomic E-state index is 13.0. The fraction of sp³-hybridized carbons (Fsp3) is 0.562. The number of aryl methyl sites for hydroxylation is 1. The molecule has 0 aliphatic carbocycles. The third-order valence-electron chi connectivity index (χ3n) is 4.63. The summed E-state index contributed by atoms with van der Waals surface area (Å²) in [6, 6.07) is 0. The molecule has 0 saturated carbocycles. The largest absolute Gasteiger partial charge is 0.453 e. The average molecular weight is 339 g/mol. The SMILES string of the molecule is C=C/C=C(\C)C1CCN(C2=Nn3c(nnc3C(F)(F)F)CC2)CC1. The molecule has 1 aromatic rings. The zero-order valence-electron chi connectivity index (χ0n) is 13.6. The Morgan fingerprint density at radius 2 is 1.92 bits per heavy atom. The molecule has 2 aliphatic rings. The van der Waals surface area contributed by atoms with Crippen LogP contribution >= 0.6 is 0 Å². The molecule has 3 rings (SSSR count). The summed E-state index contributed by atoms with van der Waals surface area (Å²) in [6.07, 6.45) is 2.24. The van der Waals surface area contributed by atoms with Crippen molar-refractivity contribution in [2.75, 3.05) is 13.1 Å². The van der Waals surface area contributed by atoms with Crippen molar-refractivity contribution < 1.29 is 13.2 Å². The van der Waals surface area contributed by atoms with Gasteiger partial charge in [0.25, 0.3) is 5.82 Å². The van der Waals surface area contributed by atoms with E-state index in [0.29, 0.717) is 24.6 Å². The third kappa shape index (κ3) is 3.22. The van der Waals surface area contributed by atoms with Gasteiger partial charge in [0.15, 0.2) is 5.82 Å². The van der Waals surface area contributed by atoms with E-state index in [-0.39, 0.29) is 5.82 Å². The number of fused-ring (bicyclic) bond motifs is 1. The monoisotopic (exact) mass is 339 g/mol. The molecular weight excluding hydrogens is 319 g/mol. The zero-order chi connectivity index (χ0) is 17.3. The van der Waals surface area contributed by atoms with Crippen LogP contribution in [0.25, 0.3) is 0 Å². The molecule has 5 nitrogen and oxygen atoms in total. The maximum Gasteiger partial charge on any atom is 0.453 e. The second-order valence-corrected chi connectivity index (χ2v) is 6.17. The minimum absolute atomic E-state index is 0.269. The second-order valence-electron chi connectivity index (χ2n) is 6.17. The second kappa shape index (κ2) is 6.41. The lowest BCUT2D eigenvalue weighted by molar-refractivity contribution is -0.147. The Hall–Kier alpha value is -2.12. The predicted molar refractivity (Wildman–Crippen MR) is 84.4 cm³/mol. The van der Waals surface area contributed by atoms with Gasteiger partial charge >= 0.3 is 6.18 Å². The molecule has 0 amide bonds. The number of hydrogen-bond acceptors (Lipinski definition) is 4. The van der Waals surface area contributed by atoms with Crippen LogP contribution in [0, 0.1) is 5.92 Å². The minimum atomic E-state index is -4.54. The lowest BCUT2D eigenvalue weighted by Gasteiger charge is -2.35. The summed E-state index contributed by atoms with van der Waals surface area (Å²) >= 11 is 0. The molecule has 2 aliphatic heterocycles. The topological polar surface area (TPSA) is 46.3 Å². The van der Waals surface area contributed by atoms with Gasteiger partial charge in [-0.3, -0.25) is 0 Å². The van der Waals surface area contributed by atoms with Gasteiger partial charge in [-0.2, -0.15) is 22.9 Å². The standard InChI is InChI=1S/C16H20F3N5/c1-3-4-11(2)12-7-9-23(10-8-12)14-6-5-13-20-21-15(16(17,18)19)24(13)22-14/h3-4,12H,1,5-10H2,2H3/b11-4+. The van der Waals surface area contributed by atoms with Crippen LogP contribution in [-0.2, 0) is 12.6 Å². The number of alkyl halides is 3. The van der Waals surface area contributed by atoms with Gasteiger partial charge in [-0.05, 0) is 25.7 Å². The third-order valence-corrected chi connectivity index (χ3v) is 4.63. The highest BCUT2D eigenvalue weighted by Crippen LogP contribution is 2.30. The number of amidine groups is 1. The first-order chi connectivity index (χ1) is 11.4. The van der Waals surface area contributed by atoms with Crippen molar-refractivity contribution in [3.63, 3.8) is 0 Å². The van der Waals surface area contributed by atoms with Gasteiger partial charge in [0.05, 0.1) is 0 Å². The number of hydrogen-bond donors (Lipinski definition) is 0. The zero-order valence-corrected chi connectivity index (χ0v) is 13.6. The number of nitrogens with zero attached hydrogens (tertiary/aromatic N) is 5. The molecule has 0 aromatic carbocycles. The Morgan fingerprint density at radius 3 is 2.54 bits per heavy atom. The molecule has 24 heavy (non-hydrogen) atoms. The van der Waals surface area contributed by atoms with Gasteiger partial charge in [-0.15, -0.1) is 10.2 Å². The Bertz CT molecular complexity index is 678. The number of likely N-dealkylation sites (tertiary alicyclic amines) is 1. The molecule has 0 spiro atoms. The number of aromatic nitrogens is 3. The van der Waals surface area contributed by atoms with E-state index >= 15 is 0 Å². The van der Waals surface area contributed by atoms with Crippen molar-refractivity contribution >= 4 is 5.84 Å². The van der Waals surface area contributed by atoms with Gasteiger partial charge in [0.1, 0.15) is 5.84 Å². The van der Waals surface area contributed by atoms with Crippen LogP contribution < -0.4 is 0 Å².